The van der Waals surface area contributed by atoms with Gasteiger partial charge in [0.25, 0.3) is 0 Å². The van der Waals surface area contributed by atoms with Crippen molar-refractivity contribution in [2.45, 2.75) is 39.3 Å². The Labute approximate surface area is 110 Å². The van der Waals surface area contributed by atoms with Gasteiger partial charge in [-0.15, -0.1) is 0 Å². The summed E-state index contributed by atoms with van der Waals surface area (Å²) in [5.74, 6) is 0.112. The number of nitrogens with one attached hydrogen (secondary N) is 1. The van der Waals surface area contributed by atoms with Crippen molar-refractivity contribution in [3.8, 4) is 0 Å². The fourth-order valence-electron chi connectivity index (χ4n) is 1.64. The van der Waals surface area contributed by atoms with Gasteiger partial charge in [0.2, 0.25) is 5.91 Å². The molecule has 0 aliphatic rings. The molecule has 100 valence electrons. The number of carbonyl (C=O) groups excluding carboxylic acids is 1. The van der Waals surface area contributed by atoms with Gasteiger partial charge in [-0.25, -0.2) is 0 Å². The van der Waals surface area contributed by atoms with Crippen molar-refractivity contribution in [1.82, 2.24) is 10.2 Å². The predicted molar refractivity (Wildman–Crippen MR) is 75.4 cm³/mol. The molecule has 1 rings (SSSR count). The van der Waals surface area contributed by atoms with Gasteiger partial charge >= 0.3 is 0 Å². The smallest absolute Gasteiger partial charge is 0.236 e. The summed E-state index contributed by atoms with van der Waals surface area (Å²) in [6.45, 7) is 8.59. The molecular formula is C15H24N2O. The number of carbonyl (C=O) groups is 1. The Balaban J connectivity index is 2.59. The Bertz CT molecular complexity index is 381. The van der Waals surface area contributed by atoms with Gasteiger partial charge in [-0.05, 0) is 33.3 Å². The van der Waals surface area contributed by atoms with E-state index >= 15 is 0 Å². The van der Waals surface area contributed by atoms with Gasteiger partial charge in [0.05, 0.1) is 12.6 Å². The molecule has 0 aromatic heterocycles. The average Bonchev–Trinajstić information content (AvgIpc) is 2.34. The first-order valence-electron chi connectivity index (χ1n) is 6.37. The number of hydrogen-bond donors (Lipinski definition) is 1. The lowest BCUT2D eigenvalue weighted by Crippen LogP contribution is -2.44. The van der Waals surface area contributed by atoms with Crippen LogP contribution in [-0.4, -0.2) is 29.9 Å². The number of benzene rings is 1. The van der Waals surface area contributed by atoms with E-state index in [-0.39, 0.29) is 17.5 Å². The maximum atomic E-state index is 12.1. The van der Waals surface area contributed by atoms with Crippen molar-refractivity contribution in [2.24, 2.45) is 0 Å². The third kappa shape index (κ3) is 4.49. The van der Waals surface area contributed by atoms with Gasteiger partial charge in [-0.1, -0.05) is 30.3 Å². The first kappa shape index (κ1) is 14.7. The predicted octanol–water partition coefficient (Wildman–Crippen LogP) is 2.59. The van der Waals surface area contributed by atoms with Crippen LogP contribution in [0.1, 0.15) is 39.3 Å². The maximum absolute atomic E-state index is 12.1. The molecule has 1 amide bonds. The highest BCUT2D eigenvalue weighted by Gasteiger charge is 2.18. The second kappa shape index (κ2) is 6.01. The minimum Gasteiger partial charge on any atom is -0.338 e. The van der Waals surface area contributed by atoms with E-state index in [1.165, 1.54) is 0 Å². The third-order valence-electron chi connectivity index (χ3n) is 3.03. The first-order chi connectivity index (χ1) is 8.31. The average molecular weight is 248 g/mol. The summed E-state index contributed by atoms with van der Waals surface area (Å²) < 4.78 is 0. The van der Waals surface area contributed by atoms with Crippen molar-refractivity contribution in [3.05, 3.63) is 35.9 Å². The number of nitrogens with zero attached hydrogens (tertiary/aromatic N) is 1. The van der Waals surface area contributed by atoms with Gasteiger partial charge in [-0.2, -0.15) is 0 Å². The molecule has 18 heavy (non-hydrogen) atoms. The highest BCUT2D eigenvalue weighted by atomic mass is 16.2. The van der Waals surface area contributed by atoms with E-state index in [4.69, 9.17) is 0 Å². The van der Waals surface area contributed by atoms with E-state index in [1.54, 1.807) is 4.90 Å². The van der Waals surface area contributed by atoms with Gasteiger partial charge in [0.1, 0.15) is 0 Å². The second-order valence-electron chi connectivity index (χ2n) is 5.69. The molecule has 1 N–H and O–H groups in total. The van der Waals surface area contributed by atoms with Crippen LogP contribution in [0.3, 0.4) is 0 Å². The summed E-state index contributed by atoms with van der Waals surface area (Å²) in [6.07, 6.45) is 0. The van der Waals surface area contributed by atoms with Crippen LogP contribution in [0.15, 0.2) is 30.3 Å². The molecule has 1 aromatic carbocycles. The molecule has 0 fully saturated rings. The molecule has 0 aliphatic heterocycles. The molecule has 1 unspecified atom stereocenters. The standard InChI is InChI=1S/C15H24N2O/c1-12(13-9-7-6-8-10-13)17(5)14(18)11-16-15(2,3)4/h6-10,12,16H,11H2,1-5H3. The maximum Gasteiger partial charge on any atom is 0.236 e. The SMILES string of the molecule is CC(c1ccccc1)N(C)C(=O)CNC(C)(C)C. The van der Waals surface area contributed by atoms with Crippen LogP contribution >= 0.6 is 0 Å². The summed E-state index contributed by atoms with van der Waals surface area (Å²) >= 11 is 0. The van der Waals surface area contributed by atoms with Crippen LogP contribution in [0, 0.1) is 0 Å². The lowest BCUT2D eigenvalue weighted by atomic mass is 10.1. The number of likely N-dealkylation sites (N-methyl/N-ethyl adjacent to an activating group) is 1. The normalized spacial score (nSPS) is 13.2. The Morgan fingerprint density at radius 2 is 1.83 bits per heavy atom. The lowest BCUT2D eigenvalue weighted by molar-refractivity contribution is -0.131. The van der Waals surface area contributed by atoms with Crippen molar-refractivity contribution in [3.63, 3.8) is 0 Å². The first-order valence-corrected chi connectivity index (χ1v) is 6.37. The molecule has 3 heteroatoms. The van der Waals surface area contributed by atoms with Gasteiger partial charge in [-0.3, -0.25) is 4.79 Å². The highest BCUT2D eigenvalue weighted by Crippen LogP contribution is 2.17. The van der Waals surface area contributed by atoms with Crippen LogP contribution < -0.4 is 5.32 Å². The second-order valence-corrected chi connectivity index (χ2v) is 5.69. The Morgan fingerprint density at radius 1 is 1.28 bits per heavy atom. The molecule has 0 saturated heterocycles. The molecule has 1 atom stereocenters. The zero-order valence-electron chi connectivity index (χ0n) is 12.0. The highest BCUT2D eigenvalue weighted by molar-refractivity contribution is 5.78. The minimum absolute atomic E-state index is 0.0352. The molecule has 1 aromatic rings. The van der Waals surface area contributed by atoms with E-state index in [0.29, 0.717) is 6.54 Å². The van der Waals surface area contributed by atoms with E-state index in [0.717, 1.165) is 5.56 Å². The van der Waals surface area contributed by atoms with Crippen LogP contribution in [0.4, 0.5) is 0 Å². The van der Waals surface area contributed by atoms with Gasteiger partial charge in [0.15, 0.2) is 0 Å². The Morgan fingerprint density at radius 3 is 2.33 bits per heavy atom. The molecule has 0 radical (unpaired) electrons. The summed E-state index contributed by atoms with van der Waals surface area (Å²) in [4.78, 5) is 13.9. The Hall–Kier alpha value is -1.35. The Kier molecular flexibility index (Phi) is 4.91. The third-order valence-corrected chi connectivity index (χ3v) is 3.03. The van der Waals surface area contributed by atoms with Crippen LogP contribution in [0.5, 0.6) is 0 Å². The van der Waals surface area contributed by atoms with Gasteiger partial charge < -0.3 is 10.2 Å². The van der Waals surface area contributed by atoms with E-state index in [2.05, 4.69) is 26.1 Å². The zero-order chi connectivity index (χ0) is 13.8. The van der Waals surface area contributed by atoms with E-state index in [9.17, 15) is 4.79 Å². The fourth-order valence-corrected chi connectivity index (χ4v) is 1.64. The molecule has 0 heterocycles. The fraction of sp³-hybridized carbons (Fsp3) is 0.533. The molecule has 0 aliphatic carbocycles. The molecular weight excluding hydrogens is 224 g/mol. The molecule has 0 spiro atoms. The lowest BCUT2D eigenvalue weighted by Gasteiger charge is -2.28. The van der Waals surface area contributed by atoms with Crippen LogP contribution in [0.2, 0.25) is 0 Å². The molecule has 0 saturated carbocycles. The van der Waals surface area contributed by atoms with Gasteiger partial charge in [0, 0.05) is 12.6 Å². The van der Waals surface area contributed by atoms with Crippen LogP contribution in [0.25, 0.3) is 0 Å². The number of hydrogen-bond acceptors (Lipinski definition) is 2. The minimum atomic E-state index is -0.0352. The zero-order valence-corrected chi connectivity index (χ0v) is 12.0. The summed E-state index contributed by atoms with van der Waals surface area (Å²) in [6, 6.07) is 10.2. The number of amides is 1. The van der Waals surface area contributed by atoms with Crippen molar-refractivity contribution < 1.29 is 4.79 Å². The largest absolute Gasteiger partial charge is 0.338 e. The molecule has 3 nitrogen and oxygen atoms in total. The summed E-state index contributed by atoms with van der Waals surface area (Å²) in [7, 11) is 1.85. The monoisotopic (exact) mass is 248 g/mol. The van der Waals surface area contributed by atoms with Crippen LogP contribution in [-0.2, 0) is 4.79 Å². The number of rotatable bonds is 4. The van der Waals surface area contributed by atoms with Crippen molar-refractivity contribution >= 4 is 5.91 Å². The van der Waals surface area contributed by atoms with E-state index in [1.807, 2.05) is 44.3 Å². The van der Waals surface area contributed by atoms with E-state index < -0.39 is 0 Å². The molecule has 0 bridgehead atoms. The summed E-state index contributed by atoms with van der Waals surface area (Å²) in [5.41, 5.74) is 1.12. The summed E-state index contributed by atoms with van der Waals surface area (Å²) in [5, 5.41) is 3.22. The van der Waals surface area contributed by atoms with Crippen molar-refractivity contribution in [1.29, 1.82) is 0 Å². The quantitative estimate of drug-likeness (QED) is 0.888. The topological polar surface area (TPSA) is 32.3 Å². The van der Waals surface area contributed by atoms with Crippen molar-refractivity contribution in [2.75, 3.05) is 13.6 Å².